The molecule has 0 saturated carbocycles. The minimum Gasteiger partial charge on any atom is -0.355 e. The van der Waals surface area contributed by atoms with Gasteiger partial charge in [0.25, 0.3) is 0 Å². The molecule has 0 aliphatic heterocycles. The number of nitrogens with one attached hydrogen (secondary N) is 2. The molecule has 0 aromatic heterocycles. The van der Waals surface area contributed by atoms with Crippen molar-refractivity contribution in [1.82, 2.24) is 15.5 Å². The molecule has 0 fully saturated rings. The van der Waals surface area contributed by atoms with E-state index in [2.05, 4.69) is 48.3 Å². The maximum Gasteiger partial charge on any atom is 0.191 e. The summed E-state index contributed by atoms with van der Waals surface area (Å²) in [4.78, 5) is 6.56. The van der Waals surface area contributed by atoms with E-state index in [0.29, 0.717) is 6.04 Å². The van der Waals surface area contributed by atoms with Gasteiger partial charge in [0.1, 0.15) is 0 Å². The van der Waals surface area contributed by atoms with E-state index in [1.165, 1.54) is 32.1 Å². The Morgan fingerprint density at radius 2 is 1.90 bits per heavy atom. The molecule has 0 bridgehead atoms. The summed E-state index contributed by atoms with van der Waals surface area (Å²) in [6, 6.07) is 0.493. The molecule has 0 aromatic rings. The molecule has 4 nitrogen and oxygen atoms in total. The van der Waals surface area contributed by atoms with Crippen LogP contribution in [0.3, 0.4) is 0 Å². The third kappa shape index (κ3) is 13.0. The van der Waals surface area contributed by atoms with Gasteiger partial charge >= 0.3 is 0 Å². The van der Waals surface area contributed by atoms with Crippen molar-refractivity contribution in [2.45, 2.75) is 58.9 Å². The Balaban J connectivity index is 0. The van der Waals surface area contributed by atoms with Crippen molar-refractivity contribution in [3.8, 4) is 0 Å². The van der Waals surface area contributed by atoms with E-state index in [0.717, 1.165) is 25.6 Å². The lowest BCUT2D eigenvalue weighted by atomic mass is 10.1. The molecular weight excluding hydrogens is 363 g/mol. The molecule has 122 valence electrons. The Labute approximate surface area is 143 Å². The quantitative estimate of drug-likeness (QED) is 0.257. The van der Waals surface area contributed by atoms with E-state index >= 15 is 0 Å². The predicted molar refractivity (Wildman–Crippen MR) is 101 cm³/mol. The topological polar surface area (TPSA) is 39.7 Å². The van der Waals surface area contributed by atoms with Gasteiger partial charge < -0.3 is 15.5 Å². The Kier molecular flexibility index (Phi) is 17.1. The van der Waals surface area contributed by atoms with Crippen LogP contribution in [-0.2, 0) is 0 Å². The molecule has 0 aromatic carbocycles. The first-order valence-electron chi connectivity index (χ1n) is 7.79. The minimum absolute atomic E-state index is 0. The second-order valence-electron chi connectivity index (χ2n) is 5.29. The number of aliphatic imine (C=N–C) groups is 1. The molecule has 0 aliphatic carbocycles. The summed E-state index contributed by atoms with van der Waals surface area (Å²) >= 11 is 0. The molecule has 1 atom stereocenters. The number of hydrogen-bond acceptors (Lipinski definition) is 2. The van der Waals surface area contributed by atoms with Crippen LogP contribution in [-0.4, -0.2) is 50.6 Å². The van der Waals surface area contributed by atoms with E-state index in [1.807, 2.05) is 7.05 Å². The van der Waals surface area contributed by atoms with E-state index < -0.39 is 0 Å². The second kappa shape index (κ2) is 15.4. The van der Waals surface area contributed by atoms with Crippen LogP contribution in [0.5, 0.6) is 0 Å². The second-order valence-corrected chi connectivity index (χ2v) is 5.29. The third-order valence-corrected chi connectivity index (χ3v) is 3.42. The Bertz CT molecular complexity index is 234. The number of hydrogen-bond donors (Lipinski definition) is 2. The van der Waals surface area contributed by atoms with Gasteiger partial charge in [-0.3, -0.25) is 4.99 Å². The summed E-state index contributed by atoms with van der Waals surface area (Å²) in [5, 5.41) is 6.82. The van der Waals surface area contributed by atoms with Crippen LogP contribution in [0, 0.1) is 0 Å². The van der Waals surface area contributed by atoms with Crippen molar-refractivity contribution in [2.24, 2.45) is 4.99 Å². The largest absolute Gasteiger partial charge is 0.355 e. The average Bonchev–Trinajstić information content (AvgIpc) is 2.42. The molecular formula is C15H35IN4. The molecule has 0 rings (SSSR count). The first-order valence-corrected chi connectivity index (χ1v) is 7.79. The minimum atomic E-state index is 0. The fourth-order valence-electron chi connectivity index (χ4n) is 1.90. The highest BCUT2D eigenvalue weighted by Gasteiger charge is 2.04. The van der Waals surface area contributed by atoms with E-state index in [1.54, 1.807) is 0 Å². The van der Waals surface area contributed by atoms with Crippen molar-refractivity contribution in [3.63, 3.8) is 0 Å². The molecule has 0 aliphatic rings. The van der Waals surface area contributed by atoms with Crippen LogP contribution < -0.4 is 10.6 Å². The summed E-state index contributed by atoms with van der Waals surface area (Å²) in [6.07, 6.45) is 6.52. The number of nitrogens with zero attached hydrogens (tertiary/aromatic N) is 2. The normalized spacial score (nSPS) is 13.0. The zero-order chi connectivity index (χ0) is 14.5. The molecule has 0 radical (unpaired) electrons. The van der Waals surface area contributed by atoms with Gasteiger partial charge in [0.15, 0.2) is 5.96 Å². The Hall–Kier alpha value is -0.0400. The molecule has 0 saturated heterocycles. The van der Waals surface area contributed by atoms with Gasteiger partial charge in [-0.25, -0.2) is 0 Å². The monoisotopic (exact) mass is 398 g/mol. The molecule has 2 N–H and O–H groups in total. The summed E-state index contributed by atoms with van der Waals surface area (Å²) in [5.41, 5.74) is 0. The lowest BCUT2D eigenvalue weighted by Crippen LogP contribution is -2.44. The molecule has 0 spiro atoms. The summed E-state index contributed by atoms with van der Waals surface area (Å²) in [6.45, 7) is 9.72. The maximum atomic E-state index is 4.27. The molecule has 5 heteroatoms. The molecule has 0 heterocycles. The van der Waals surface area contributed by atoms with Gasteiger partial charge in [-0.2, -0.15) is 0 Å². The lowest BCUT2D eigenvalue weighted by Gasteiger charge is -2.19. The number of guanidine groups is 1. The summed E-state index contributed by atoms with van der Waals surface area (Å²) in [5.74, 6) is 0.924. The molecule has 1 unspecified atom stereocenters. The lowest BCUT2D eigenvalue weighted by molar-refractivity contribution is 0.356. The van der Waals surface area contributed by atoms with Gasteiger partial charge in [0, 0.05) is 26.2 Å². The van der Waals surface area contributed by atoms with Crippen molar-refractivity contribution in [2.75, 3.05) is 33.7 Å². The van der Waals surface area contributed by atoms with Gasteiger partial charge in [-0.05, 0) is 26.9 Å². The van der Waals surface area contributed by atoms with Gasteiger partial charge in [0.2, 0.25) is 0 Å². The van der Waals surface area contributed by atoms with Crippen molar-refractivity contribution in [1.29, 1.82) is 0 Å². The number of unbranched alkanes of at least 4 members (excludes halogenated alkanes) is 3. The Morgan fingerprint density at radius 3 is 2.45 bits per heavy atom. The van der Waals surface area contributed by atoms with Crippen LogP contribution in [0.2, 0.25) is 0 Å². The standard InChI is InChI=1S/C15H34N4.HI/c1-6-8-9-10-11-14(3)18-15(16-4)17-12-13-19(5)7-2;/h14H,6-13H2,1-5H3,(H2,16,17,18);1H. The Morgan fingerprint density at radius 1 is 1.20 bits per heavy atom. The highest BCUT2D eigenvalue weighted by Crippen LogP contribution is 2.04. The molecule has 0 amide bonds. The highest BCUT2D eigenvalue weighted by atomic mass is 127. The van der Waals surface area contributed by atoms with Crippen molar-refractivity contribution < 1.29 is 0 Å². The van der Waals surface area contributed by atoms with E-state index in [9.17, 15) is 0 Å². The first-order chi connectivity index (χ1) is 9.13. The van der Waals surface area contributed by atoms with Crippen molar-refractivity contribution in [3.05, 3.63) is 0 Å². The summed E-state index contributed by atoms with van der Waals surface area (Å²) < 4.78 is 0. The molecule has 20 heavy (non-hydrogen) atoms. The van der Waals surface area contributed by atoms with Crippen LogP contribution in [0.15, 0.2) is 4.99 Å². The smallest absolute Gasteiger partial charge is 0.191 e. The zero-order valence-corrected chi connectivity index (χ0v) is 16.4. The van der Waals surface area contributed by atoms with Gasteiger partial charge in [0.05, 0.1) is 0 Å². The third-order valence-electron chi connectivity index (χ3n) is 3.42. The predicted octanol–water partition coefficient (Wildman–Crippen LogP) is 3.08. The van der Waals surface area contributed by atoms with Crippen LogP contribution >= 0.6 is 24.0 Å². The van der Waals surface area contributed by atoms with Gasteiger partial charge in [-0.1, -0.05) is 39.5 Å². The number of rotatable bonds is 10. The van der Waals surface area contributed by atoms with Crippen LogP contribution in [0.25, 0.3) is 0 Å². The summed E-state index contributed by atoms with van der Waals surface area (Å²) in [7, 11) is 3.97. The maximum absolute atomic E-state index is 4.27. The van der Waals surface area contributed by atoms with E-state index in [-0.39, 0.29) is 24.0 Å². The number of halogens is 1. The van der Waals surface area contributed by atoms with Crippen LogP contribution in [0.1, 0.15) is 52.9 Å². The zero-order valence-electron chi connectivity index (χ0n) is 14.0. The average molecular weight is 398 g/mol. The first kappa shape index (κ1) is 22.2. The number of likely N-dealkylation sites (N-methyl/N-ethyl adjacent to an activating group) is 1. The van der Waals surface area contributed by atoms with E-state index in [4.69, 9.17) is 0 Å². The fourth-order valence-corrected chi connectivity index (χ4v) is 1.90. The van der Waals surface area contributed by atoms with Crippen molar-refractivity contribution >= 4 is 29.9 Å². The SMILES string of the molecule is CCCCCCC(C)NC(=NC)NCCN(C)CC.I. The fraction of sp³-hybridized carbons (Fsp3) is 0.933. The van der Waals surface area contributed by atoms with Gasteiger partial charge in [-0.15, -0.1) is 24.0 Å². The van der Waals surface area contributed by atoms with Crippen LogP contribution in [0.4, 0.5) is 0 Å². The highest BCUT2D eigenvalue weighted by molar-refractivity contribution is 14.0.